The van der Waals surface area contributed by atoms with Crippen molar-refractivity contribution in [3.63, 3.8) is 0 Å². The number of halogens is 2. The van der Waals surface area contributed by atoms with Crippen LogP contribution < -0.4 is 0 Å². The number of nitro benzene ring substituents is 1. The topological polar surface area (TPSA) is 63.4 Å². The molecule has 0 bridgehead atoms. The van der Waals surface area contributed by atoms with Gasteiger partial charge in [0.2, 0.25) is 5.75 Å². The summed E-state index contributed by atoms with van der Waals surface area (Å²) in [5.41, 5.74) is -0.567. The van der Waals surface area contributed by atoms with E-state index in [0.29, 0.717) is 12.3 Å². The molecule has 1 aromatic carbocycles. The molecule has 1 aromatic rings. The Morgan fingerprint density at radius 3 is 2.81 bits per heavy atom. The molecule has 6 heteroatoms. The molecule has 84 valence electrons. The first-order valence-electron chi connectivity index (χ1n) is 4.28. The van der Waals surface area contributed by atoms with E-state index in [-0.39, 0.29) is 5.56 Å². The predicted octanol–water partition coefficient (Wildman–Crippen LogP) is 2.42. The van der Waals surface area contributed by atoms with Crippen molar-refractivity contribution < 1.29 is 14.4 Å². The fraction of sp³-hybridized carbons (Fsp3) is 0.200. The van der Waals surface area contributed by atoms with Gasteiger partial charge in [-0.2, -0.15) is 0 Å². The highest BCUT2D eigenvalue weighted by Gasteiger charge is 2.18. The van der Waals surface area contributed by atoms with Gasteiger partial charge in [0.1, 0.15) is 0 Å². The highest BCUT2D eigenvalue weighted by atomic mass is 35.5. The number of hydrogen-bond acceptors (Lipinski definition) is 3. The smallest absolute Gasteiger partial charge is 0.315 e. The zero-order valence-electron chi connectivity index (χ0n) is 8.04. The second kappa shape index (κ2) is 5.33. The summed E-state index contributed by atoms with van der Waals surface area (Å²) in [7, 11) is 0. The largest absolute Gasteiger partial charge is 0.500 e. The average molecular weight is 244 g/mol. The lowest BCUT2D eigenvalue weighted by Gasteiger charge is -1.98. The molecule has 0 atom stereocenters. The number of nitro groups is 1. The maximum Gasteiger partial charge on any atom is 0.315 e. The Morgan fingerprint density at radius 2 is 2.25 bits per heavy atom. The maximum atomic E-state index is 13.1. The van der Waals surface area contributed by atoms with Gasteiger partial charge < -0.3 is 5.11 Å². The second-order valence-electron chi connectivity index (χ2n) is 2.82. The minimum atomic E-state index is -1.07. The Hall–Kier alpha value is -1.80. The van der Waals surface area contributed by atoms with Crippen molar-refractivity contribution in [1.29, 1.82) is 0 Å². The van der Waals surface area contributed by atoms with E-state index in [1.165, 1.54) is 0 Å². The maximum absolute atomic E-state index is 13.1. The number of benzene rings is 1. The summed E-state index contributed by atoms with van der Waals surface area (Å²) in [5.74, 6) is 3.42. The van der Waals surface area contributed by atoms with Gasteiger partial charge in [-0.15, -0.1) is 11.6 Å². The Labute approximate surface area is 95.8 Å². The lowest BCUT2D eigenvalue weighted by atomic mass is 10.2. The van der Waals surface area contributed by atoms with Crippen molar-refractivity contribution in [3.8, 4) is 17.6 Å². The lowest BCUT2D eigenvalue weighted by molar-refractivity contribution is -0.386. The number of phenolic OH excluding ortho intramolecular Hbond substituents is 1. The van der Waals surface area contributed by atoms with Crippen molar-refractivity contribution in [2.24, 2.45) is 0 Å². The van der Waals surface area contributed by atoms with E-state index >= 15 is 0 Å². The summed E-state index contributed by atoms with van der Waals surface area (Å²) in [5, 5.41) is 19.5. The SMILES string of the molecule is O=[N+]([O-])c1cc(C#CCCCl)cc(F)c1O. The Balaban J connectivity index is 3.15. The van der Waals surface area contributed by atoms with Crippen LogP contribution >= 0.6 is 11.6 Å². The summed E-state index contributed by atoms with van der Waals surface area (Å²) in [6.45, 7) is 0. The standard InChI is InChI=1S/C10H7ClFNO3/c11-4-2-1-3-7-5-8(12)10(14)9(6-7)13(15)16/h5-6,14H,2,4H2. The summed E-state index contributed by atoms with van der Waals surface area (Å²) in [6.07, 6.45) is 0.401. The van der Waals surface area contributed by atoms with Gasteiger partial charge in [-0.1, -0.05) is 11.8 Å². The van der Waals surface area contributed by atoms with Gasteiger partial charge in [0.15, 0.2) is 5.82 Å². The van der Waals surface area contributed by atoms with Gasteiger partial charge in [-0.05, 0) is 6.07 Å². The first-order valence-corrected chi connectivity index (χ1v) is 4.81. The van der Waals surface area contributed by atoms with E-state index in [9.17, 15) is 14.5 Å². The van der Waals surface area contributed by atoms with E-state index in [1.807, 2.05) is 0 Å². The molecule has 1 N–H and O–H groups in total. The summed E-state index contributed by atoms with van der Waals surface area (Å²) < 4.78 is 13.1. The summed E-state index contributed by atoms with van der Waals surface area (Å²) in [6, 6.07) is 1.95. The van der Waals surface area contributed by atoms with Crippen molar-refractivity contribution in [1.82, 2.24) is 0 Å². The van der Waals surface area contributed by atoms with Crippen molar-refractivity contribution >= 4 is 17.3 Å². The summed E-state index contributed by atoms with van der Waals surface area (Å²) >= 11 is 5.38. The van der Waals surface area contributed by atoms with E-state index in [2.05, 4.69) is 11.8 Å². The number of phenols is 1. The number of nitrogens with zero attached hydrogens (tertiary/aromatic N) is 1. The molecule has 0 heterocycles. The van der Waals surface area contributed by atoms with Gasteiger partial charge >= 0.3 is 5.69 Å². The first-order chi connectivity index (χ1) is 7.56. The molecule has 0 saturated carbocycles. The van der Waals surface area contributed by atoms with Gasteiger partial charge in [0.25, 0.3) is 0 Å². The molecular formula is C10H7ClFNO3. The van der Waals surface area contributed by atoms with Crippen molar-refractivity contribution in [2.75, 3.05) is 5.88 Å². The Morgan fingerprint density at radius 1 is 1.56 bits per heavy atom. The number of alkyl halides is 1. The average Bonchev–Trinajstić information content (AvgIpc) is 2.23. The molecule has 0 aliphatic heterocycles. The molecule has 0 aliphatic carbocycles. The molecular weight excluding hydrogens is 237 g/mol. The third-order valence-corrected chi connectivity index (χ3v) is 1.88. The van der Waals surface area contributed by atoms with Crippen LogP contribution in [0.2, 0.25) is 0 Å². The van der Waals surface area contributed by atoms with Crippen LogP contribution in [0.1, 0.15) is 12.0 Å². The van der Waals surface area contributed by atoms with Crippen LogP contribution in [-0.4, -0.2) is 15.9 Å². The van der Waals surface area contributed by atoms with Crippen LogP contribution in [0.4, 0.5) is 10.1 Å². The van der Waals surface area contributed by atoms with Crippen LogP contribution in [0, 0.1) is 27.8 Å². The number of aromatic hydroxyl groups is 1. The lowest BCUT2D eigenvalue weighted by Crippen LogP contribution is -1.92. The molecule has 0 fully saturated rings. The normalized spacial score (nSPS) is 9.38. The first kappa shape index (κ1) is 12.3. The third-order valence-electron chi connectivity index (χ3n) is 1.69. The molecule has 4 nitrogen and oxygen atoms in total. The minimum absolute atomic E-state index is 0.132. The quantitative estimate of drug-likeness (QED) is 0.375. The number of hydrogen-bond donors (Lipinski definition) is 1. The highest BCUT2D eigenvalue weighted by molar-refractivity contribution is 6.18. The van der Waals surface area contributed by atoms with Crippen LogP contribution in [0.25, 0.3) is 0 Å². The Bertz CT molecular complexity index is 479. The molecule has 0 aromatic heterocycles. The van der Waals surface area contributed by atoms with Gasteiger partial charge in [-0.3, -0.25) is 10.1 Å². The zero-order valence-corrected chi connectivity index (χ0v) is 8.79. The van der Waals surface area contributed by atoms with Gasteiger partial charge in [0.05, 0.1) is 4.92 Å². The van der Waals surface area contributed by atoms with E-state index in [1.54, 1.807) is 0 Å². The van der Waals surface area contributed by atoms with Gasteiger partial charge in [0, 0.05) is 23.9 Å². The van der Waals surface area contributed by atoms with Crippen LogP contribution in [-0.2, 0) is 0 Å². The van der Waals surface area contributed by atoms with Gasteiger partial charge in [-0.25, -0.2) is 4.39 Å². The predicted molar refractivity (Wildman–Crippen MR) is 56.9 cm³/mol. The molecule has 16 heavy (non-hydrogen) atoms. The van der Waals surface area contributed by atoms with Crippen LogP contribution in [0.5, 0.6) is 5.75 Å². The fourth-order valence-electron chi connectivity index (χ4n) is 1.01. The highest BCUT2D eigenvalue weighted by Crippen LogP contribution is 2.29. The molecule has 0 aliphatic rings. The monoisotopic (exact) mass is 243 g/mol. The molecule has 0 radical (unpaired) electrons. The molecule has 0 saturated heterocycles. The molecule has 0 spiro atoms. The van der Waals surface area contributed by atoms with Crippen molar-refractivity contribution in [2.45, 2.75) is 6.42 Å². The molecule has 0 unspecified atom stereocenters. The second-order valence-corrected chi connectivity index (χ2v) is 3.20. The third kappa shape index (κ3) is 2.84. The minimum Gasteiger partial charge on any atom is -0.500 e. The van der Waals surface area contributed by atoms with E-state index < -0.39 is 22.2 Å². The zero-order chi connectivity index (χ0) is 12.1. The number of rotatable bonds is 2. The van der Waals surface area contributed by atoms with Crippen LogP contribution in [0.3, 0.4) is 0 Å². The fourth-order valence-corrected chi connectivity index (χ4v) is 1.10. The van der Waals surface area contributed by atoms with E-state index in [4.69, 9.17) is 16.7 Å². The molecule has 0 amide bonds. The van der Waals surface area contributed by atoms with Crippen LogP contribution in [0.15, 0.2) is 12.1 Å². The Kier molecular flexibility index (Phi) is 4.09. The summed E-state index contributed by atoms with van der Waals surface area (Å²) in [4.78, 5) is 9.60. The van der Waals surface area contributed by atoms with Crippen molar-refractivity contribution in [3.05, 3.63) is 33.6 Å². The molecule has 1 rings (SSSR count). The van der Waals surface area contributed by atoms with E-state index in [0.717, 1.165) is 12.1 Å².